The lowest BCUT2D eigenvalue weighted by Crippen LogP contribution is -2.36. The lowest BCUT2D eigenvalue weighted by atomic mass is 9.96. The van der Waals surface area contributed by atoms with E-state index < -0.39 is 0 Å². The summed E-state index contributed by atoms with van der Waals surface area (Å²) in [5.74, 6) is 2.75. The Hall–Kier alpha value is -2.01. The molecule has 0 aromatic carbocycles. The molecule has 0 spiro atoms. The molecule has 2 aliphatic rings. The molecule has 0 saturated carbocycles. The average Bonchev–Trinajstić information content (AvgIpc) is 3.12. The van der Waals surface area contributed by atoms with Gasteiger partial charge in [0.25, 0.3) is 0 Å². The Morgan fingerprint density at radius 3 is 2.64 bits per heavy atom. The van der Waals surface area contributed by atoms with Gasteiger partial charge in [-0.15, -0.1) is 0 Å². The lowest BCUT2D eigenvalue weighted by molar-refractivity contribution is 0.222. The Labute approximate surface area is 150 Å². The molecule has 132 valence electrons. The second kappa shape index (κ2) is 7.08. The molecule has 0 bridgehead atoms. The van der Waals surface area contributed by atoms with Crippen LogP contribution in [-0.4, -0.2) is 53.6 Å². The Kier molecular flexibility index (Phi) is 4.66. The average molecular weight is 337 g/mol. The standard InChI is InChI=1S/C20H27N5/c1-24-12-8-15(9-13-24)14-25(2)20-17-4-3-5-18(17)22-19(23-20)16-6-10-21-11-7-16/h6-7,10-11,15H,3-5,8-9,12-14H2,1-2H3. The van der Waals surface area contributed by atoms with Crippen molar-refractivity contribution in [3.8, 4) is 11.4 Å². The van der Waals surface area contributed by atoms with E-state index in [0.717, 1.165) is 42.5 Å². The topological polar surface area (TPSA) is 45.2 Å². The highest BCUT2D eigenvalue weighted by molar-refractivity contribution is 5.60. The van der Waals surface area contributed by atoms with Gasteiger partial charge < -0.3 is 9.80 Å². The van der Waals surface area contributed by atoms with Gasteiger partial charge in [0.15, 0.2) is 5.82 Å². The minimum Gasteiger partial charge on any atom is -0.359 e. The van der Waals surface area contributed by atoms with Crippen LogP contribution in [0.25, 0.3) is 11.4 Å². The molecule has 1 saturated heterocycles. The molecular weight excluding hydrogens is 310 g/mol. The van der Waals surface area contributed by atoms with Crippen molar-refractivity contribution < 1.29 is 0 Å². The van der Waals surface area contributed by atoms with Crippen LogP contribution in [0.15, 0.2) is 24.5 Å². The summed E-state index contributed by atoms with van der Waals surface area (Å²) in [7, 11) is 4.42. The lowest BCUT2D eigenvalue weighted by Gasteiger charge is -2.32. The number of pyridine rings is 1. The maximum absolute atomic E-state index is 4.97. The van der Waals surface area contributed by atoms with Crippen LogP contribution in [-0.2, 0) is 12.8 Å². The van der Waals surface area contributed by atoms with Crippen molar-refractivity contribution in [1.82, 2.24) is 19.9 Å². The van der Waals surface area contributed by atoms with Gasteiger partial charge in [-0.3, -0.25) is 4.98 Å². The first kappa shape index (κ1) is 16.5. The Balaban J connectivity index is 1.61. The smallest absolute Gasteiger partial charge is 0.161 e. The number of hydrogen-bond donors (Lipinski definition) is 0. The molecule has 1 fully saturated rings. The van der Waals surface area contributed by atoms with Gasteiger partial charge in [-0.2, -0.15) is 0 Å². The summed E-state index contributed by atoms with van der Waals surface area (Å²) in [6.07, 6.45) is 9.57. The van der Waals surface area contributed by atoms with Crippen LogP contribution in [0.3, 0.4) is 0 Å². The third kappa shape index (κ3) is 3.52. The summed E-state index contributed by atoms with van der Waals surface area (Å²) in [6, 6.07) is 3.99. The van der Waals surface area contributed by atoms with Crippen molar-refractivity contribution in [2.75, 3.05) is 38.6 Å². The van der Waals surface area contributed by atoms with Gasteiger partial charge in [-0.05, 0) is 70.3 Å². The third-order valence-corrected chi connectivity index (χ3v) is 5.58. The number of fused-ring (bicyclic) bond motifs is 1. The molecular formula is C20H27N5. The van der Waals surface area contributed by atoms with Gasteiger partial charge in [0.1, 0.15) is 5.82 Å². The highest BCUT2D eigenvalue weighted by Gasteiger charge is 2.24. The van der Waals surface area contributed by atoms with E-state index in [4.69, 9.17) is 9.97 Å². The molecule has 0 radical (unpaired) electrons. The number of hydrogen-bond acceptors (Lipinski definition) is 5. The second-order valence-corrected chi connectivity index (χ2v) is 7.51. The third-order valence-electron chi connectivity index (χ3n) is 5.58. The van der Waals surface area contributed by atoms with Gasteiger partial charge in [-0.1, -0.05) is 0 Å². The fourth-order valence-electron chi connectivity index (χ4n) is 4.08. The zero-order valence-electron chi connectivity index (χ0n) is 15.3. The molecule has 4 rings (SSSR count). The van der Waals surface area contributed by atoms with Crippen LogP contribution in [0.2, 0.25) is 0 Å². The zero-order valence-corrected chi connectivity index (χ0v) is 15.3. The molecule has 5 heteroatoms. The number of piperidine rings is 1. The Morgan fingerprint density at radius 2 is 1.88 bits per heavy atom. The number of likely N-dealkylation sites (tertiary alicyclic amines) is 1. The SMILES string of the molecule is CN1CCC(CN(C)c2nc(-c3ccncc3)nc3c2CCC3)CC1. The van der Waals surface area contributed by atoms with Crippen LogP contribution in [0.1, 0.15) is 30.5 Å². The zero-order chi connectivity index (χ0) is 17.2. The minimum absolute atomic E-state index is 0.762. The van der Waals surface area contributed by atoms with Crippen molar-refractivity contribution >= 4 is 5.82 Å². The largest absolute Gasteiger partial charge is 0.359 e. The summed E-state index contributed by atoms with van der Waals surface area (Å²) in [4.78, 5) is 18.7. The summed E-state index contributed by atoms with van der Waals surface area (Å²) in [5.41, 5.74) is 3.67. The summed E-state index contributed by atoms with van der Waals surface area (Å²) in [5, 5.41) is 0. The fourth-order valence-corrected chi connectivity index (χ4v) is 4.08. The summed E-state index contributed by atoms with van der Waals surface area (Å²) < 4.78 is 0. The summed E-state index contributed by atoms with van der Waals surface area (Å²) in [6.45, 7) is 3.51. The maximum Gasteiger partial charge on any atom is 0.161 e. The highest BCUT2D eigenvalue weighted by Crippen LogP contribution is 2.31. The monoisotopic (exact) mass is 337 g/mol. The molecule has 2 aromatic heterocycles. The summed E-state index contributed by atoms with van der Waals surface area (Å²) >= 11 is 0. The molecule has 0 atom stereocenters. The van der Waals surface area contributed by atoms with Crippen molar-refractivity contribution in [3.05, 3.63) is 35.8 Å². The van der Waals surface area contributed by atoms with Crippen molar-refractivity contribution in [3.63, 3.8) is 0 Å². The van der Waals surface area contributed by atoms with E-state index in [9.17, 15) is 0 Å². The van der Waals surface area contributed by atoms with E-state index in [-0.39, 0.29) is 0 Å². The second-order valence-electron chi connectivity index (χ2n) is 7.51. The fraction of sp³-hybridized carbons (Fsp3) is 0.550. The van der Waals surface area contributed by atoms with E-state index in [2.05, 4.69) is 28.9 Å². The van der Waals surface area contributed by atoms with Gasteiger partial charge in [0, 0.05) is 42.8 Å². The van der Waals surface area contributed by atoms with Crippen LogP contribution in [0.5, 0.6) is 0 Å². The maximum atomic E-state index is 4.97. The van der Waals surface area contributed by atoms with E-state index in [1.807, 2.05) is 24.5 Å². The first-order valence-electron chi connectivity index (χ1n) is 9.40. The van der Waals surface area contributed by atoms with Crippen LogP contribution in [0.4, 0.5) is 5.82 Å². The van der Waals surface area contributed by atoms with Gasteiger partial charge >= 0.3 is 0 Å². The predicted molar refractivity (Wildman–Crippen MR) is 101 cm³/mol. The van der Waals surface area contributed by atoms with Crippen molar-refractivity contribution in [1.29, 1.82) is 0 Å². The van der Waals surface area contributed by atoms with E-state index >= 15 is 0 Å². The first-order valence-corrected chi connectivity index (χ1v) is 9.40. The quantitative estimate of drug-likeness (QED) is 0.858. The van der Waals surface area contributed by atoms with E-state index in [1.165, 1.54) is 43.6 Å². The molecule has 1 aliphatic heterocycles. The normalized spacial score (nSPS) is 18.3. The Bertz CT molecular complexity index is 722. The van der Waals surface area contributed by atoms with Gasteiger partial charge in [-0.25, -0.2) is 9.97 Å². The van der Waals surface area contributed by atoms with E-state index in [0.29, 0.717) is 0 Å². The number of anilines is 1. The van der Waals surface area contributed by atoms with E-state index in [1.54, 1.807) is 0 Å². The van der Waals surface area contributed by atoms with Crippen molar-refractivity contribution in [2.24, 2.45) is 5.92 Å². The molecule has 3 heterocycles. The molecule has 25 heavy (non-hydrogen) atoms. The molecule has 2 aromatic rings. The molecule has 0 N–H and O–H groups in total. The highest BCUT2D eigenvalue weighted by atomic mass is 15.2. The number of nitrogens with zero attached hydrogens (tertiary/aromatic N) is 5. The van der Waals surface area contributed by atoms with Crippen molar-refractivity contribution in [2.45, 2.75) is 32.1 Å². The Morgan fingerprint density at radius 1 is 1.12 bits per heavy atom. The molecule has 1 aliphatic carbocycles. The van der Waals surface area contributed by atoms with Crippen LogP contribution >= 0.6 is 0 Å². The van der Waals surface area contributed by atoms with Gasteiger partial charge in [0.2, 0.25) is 0 Å². The number of rotatable bonds is 4. The molecule has 5 nitrogen and oxygen atoms in total. The number of aryl methyl sites for hydroxylation is 1. The van der Waals surface area contributed by atoms with Crippen LogP contribution < -0.4 is 4.90 Å². The molecule has 0 unspecified atom stereocenters. The molecule has 0 amide bonds. The van der Waals surface area contributed by atoms with Crippen LogP contribution in [0, 0.1) is 5.92 Å². The number of aromatic nitrogens is 3. The first-order chi connectivity index (χ1) is 12.2. The minimum atomic E-state index is 0.762. The van der Waals surface area contributed by atoms with Gasteiger partial charge in [0.05, 0.1) is 0 Å². The predicted octanol–water partition coefficient (Wildman–Crippen LogP) is 2.81.